The van der Waals surface area contributed by atoms with Gasteiger partial charge in [0.25, 0.3) is 0 Å². The van der Waals surface area contributed by atoms with Crippen LogP contribution in [0, 0.1) is 0 Å². The molecule has 1 atom stereocenters. The van der Waals surface area contributed by atoms with Crippen LogP contribution in [-0.4, -0.2) is 17.6 Å². The van der Waals surface area contributed by atoms with Gasteiger partial charge in [-0.15, -0.1) is 0 Å². The third kappa shape index (κ3) is 3.72. The zero-order chi connectivity index (χ0) is 17.8. The minimum atomic E-state index is 0.0807. The smallest absolute Gasteiger partial charge is 0.121 e. The molecule has 0 aliphatic heterocycles. The maximum absolute atomic E-state index is 5.91. The van der Waals surface area contributed by atoms with E-state index in [1.807, 2.05) is 55.5 Å². The van der Waals surface area contributed by atoms with Crippen molar-refractivity contribution >= 4 is 21.8 Å². The van der Waals surface area contributed by atoms with Crippen LogP contribution in [0.25, 0.3) is 21.8 Å². The van der Waals surface area contributed by atoms with Crippen LogP contribution in [0.1, 0.15) is 12.5 Å². The molecule has 3 aromatic carbocycles. The fourth-order valence-corrected chi connectivity index (χ4v) is 3.02. The minimum absolute atomic E-state index is 0.0807. The van der Waals surface area contributed by atoms with Crippen molar-refractivity contribution in [2.45, 2.75) is 19.6 Å². The van der Waals surface area contributed by atoms with Crippen molar-refractivity contribution in [1.29, 1.82) is 0 Å². The Labute approximate surface area is 152 Å². The molecule has 4 nitrogen and oxygen atoms in total. The summed E-state index contributed by atoms with van der Waals surface area (Å²) >= 11 is 0. The Kier molecular flexibility index (Phi) is 4.86. The molecule has 0 amide bonds. The highest BCUT2D eigenvalue weighted by molar-refractivity contribution is 6.07. The lowest BCUT2D eigenvalue weighted by Gasteiger charge is -2.15. The number of benzene rings is 3. The summed E-state index contributed by atoms with van der Waals surface area (Å²) in [6.45, 7) is 3.10. The quantitative estimate of drug-likeness (QED) is 0.472. The molecule has 0 spiro atoms. The molecule has 4 rings (SSSR count). The van der Waals surface area contributed by atoms with Crippen LogP contribution in [0.4, 0.5) is 0 Å². The predicted molar refractivity (Wildman–Crippen MR) is 105 cm³/mol. The predicted octanol–water partition coefficient (Wildman–Crippen LogP) is 4.81. The number of para-hydroxylation sites is 1. The SMILES string of the molecule is CC(COc1ccc2c(c1)[nH]c1ccccc12)NOCc1ccccc1. The van der Waals surface area contributed by atoms with Crippen LogP contribution in [-0.2, 0) is 11.4 Å². The van der Waals surface area contributed by atoms with Crippen molar-refractivity contribution in [1.82, 2.24) is 10.5 Å². The number of hydrogen-bond acceptors (Lipinski definition) is 3. The number of aromatic nitrogens is 1. The van der Waals surface area contributed by atoms with Gasteiger partial charge in [-0.3, -0.25) is 4.84 Å². The topological polar surface area (TPSA) is 46.3 Å². The van der Waals surface area contributed by atoms with Gasteiger partial charge in [-0.2, -0.15) is 5.48 Å². The van der Waals surface area contributed by atoms with E-state index in [9.17, 15) is 0 Å². The Morgan fingerprint density at radius 2 is 1.65 bits per heavy atom. The number of fused-ring (bicyclic) bond motifs is 3. The molecule has 1 unspecified atom stereocenters. The van der Waals surface area contributed by atoms with E-state index in [0.29, 0.717) is 13.2 Å². The molecule has 1 heterocycles. The van der Waals surface area contributed by atoms with Crippen LogP contribution in [0.2, 0.25) is 0 Å². The van der Waals surface area contributed by atoms with Crippen molar-refractivity contribution in [3.63, 3.8) is 0 Å². The molecule has 0 bridgehead atoms. The van der Waals surface area contributed by atoms with Gasteiger partial charge >= 0.3 is 0 Å². The Morgan fingerprint density at radius 3 is 2.54 bits per heavy atom. The Morgan fingerprint density at radius 1 is 0.885 bits per heavy atom. The second kappa shape index (κ2) is 7.60. The summed E-state index contributed by atoms with van der Waals surface area (Å²) in [4.78, 5) is 8.98. The van der Waals surface area contributed by atoms with E-state index >= 15 is 0 Å². The van der Waals surface area contributed by atoms with E-state index in [-0.39, 0.29) is 6.04 Å². The van der Waals surface area contributed by atoms with Crippen LogP contribution in [0.15, 0.2) is 72.8 Å². The zero-order valence-corrected chi connectivity index (χ0v) is 14.7. The molecular weight excluding hydrogens is 324 g/mol. The van der Waals surface area contributed by atoms with E-state index in [0.717, 1.165) is 22.3 Å². The van der Waals surface area contributed by atoms with Crippen LogP contribution in [0.5, 0.6) is 5.75 Å². The summed E-state index contributed by atoms with van der Waals surface area (Å²) in [5.41, 5.74) is 6.39. The lowest BCUT2D eigenvalue weighted by molar-refractivity contribution is -0.00232. The van der Waals surface area contributed by atoms with Gasteiger partial charge in [0.05, 0.1) is 18.2 Å². The minimum Gasteiger partial charge on any atom is -0.492 e. The largest absolute Gasteiger partial charge is 0.492 e. The van der Waals surface area contributed by atoms with E-state index in [1.54, 1.807) is 0 Å². The summed E-state index contributed by atoms with van der Waals surface area (Å²) in [5.74, 6) is 0.848. The first-order valence-electron chi connectivity index (χ1n) is 8.84. The fourth-order valence-electron chi connectivity index (χ4n) is 3.02. The second-order valence-corrected chi connectivity index (χ2v) is 6.48. The fraction of sp³-hybridized carbons (Fsp3) is 0.182. The first-order valence-corrected chi connectivity index (χ1v) is 8.84. The summed E-state index contributed by atoms with van der Waals surface area (Å²) in [5, 5.41) is 2.45. The summed E-state index contributed by atoms with van der Waals surface area (Å²) < 4.78 is 5.91. The molecule has 0 aliphatic carbocycles. The highest BCUT2D eigenvalue weighted by atomic mass is 16.6. The third-order valence-corrected chi connectivity index (χ3v) is 4.34. The van der Waals surface area contributed by atoms with Crippen molar-refractivity contribution in [2.24, 2.45) is 0 Å². The highest BCUT2D eigenvalue weighted by Crippen LogP contribution is 2.28. The highest BCUT2D eigenvalue weighted by Gasteiger charge is 2.07. The third-order valence-electron chi connectivity index (χ3n) is 4.34. The molecule has 0 aliphatic rings. The number of hydrogen-bond donors (Lipinski definition) is 2. The van der Waals surface area contributed by atoms with Crippen LogP contribution < -0.4 is 10.2 Å². The van der Waals surface area contributed by atoms with Crippen molar-refractivity contribution < 1.29 is 9.57 Å². The van der Waals surface area contributed by atoms with Crippen molar-refractivity contribution in [2.75, 3.05) is 6.61 Å². The van der Waals surface area contributed by atoms with Crippen LogP contribution in [0.3, 0.4) is 0 Å². The lowest BCUT2D eigenvalue weighted by atomic mass is 10.1. The first-order chi connectivity index (χ1) is 12.8. The van der Waals surface area contributed by atoms with Gasteiger partial charge in [0.2, 0.25) is 0 Å². The molecule has 0 radical (unpaired) electrons. The molecule has 4 heteroatoms. The maximum atomic E-state index is 5.91. The molecular formula is C22H22N2O2. The van der Waals surface area contributed by atoms with E-state index in [2.05, 4.69) is 34.7 Å². The van der Waals surface area contributed by atoms with Gasteiger partial charge in [-0.1, -0.05) is 48.5 Å². The second-order valence-electron chi connectivity index (χ2n) is 6.48. The standard InChI is InChI=1S/C22H22N2O2/c1-16(24-26-15-17-7-3-2-4-8-17)14-25-18-11-12-20-19-9-5-6-10-21(19)23-22(20)13-18/h2-13,16,23-24H,14-15H2,1H3. The molecule has 0 fully saturated rings. The van der Waals surface area contributed by atoms with Gasteiger partial charge in [-0.25, -0.2) is 0 Å². The maximum Gasteiger partial charge on any atom is 0.121 e. The normalized spacial score (nSPS) is 12.5. The van der Waals surface area contributed by atoms with Gasteiger partial charge in [0.1, 0.15) is 12.4 Å². The van der Waals surface area contributed by atoms with E-state index < -0.39 is 0 Å². The summed E-state index contributed by atoms with van der Waals surface area (Å²) in [6, 6.07) is 24.7. The average Bonchev–Trinajstić information content (AvgIpc) is 3.05. The van der Waals surface area contributed by atoms with Gasteiger partial charge in [-0.05, 0) is 30.7 Å². The van der Waals surface area contributed by atoms with Gasteiger partial charge in [0, 0.05) is 22.4 Å². The number of H-pyrrole nitrogens is 1. The molecule has 1 aromatic heterocycles. The van der Waals surface area contributed by atoms with Crippen molar-refractivity contribution in [3.8, 4) is 5.75 Å². The van der Waals surface area contributed by atoms with Gasteiger partial charge < -0.3 is 9.72 Å². The van der Waals surface area contributed by atoms with E-state index in [1.165, 1.54) is 10.8 Å². The number of rotatable bonds is 7. The van der Waals surface area contributed by atoms with Crippen molar-refractivity contribution in [3.05, 3.63) is 78.4 Å². The Balaban J connectivity index is 1.33. The van der Waals surface area contributed by atoms with Gasteiger partial charge in [0.15, 0.2) is 0 Å². The Bertz CT molecular complexity index is 995. The lowest BCUT2D eigenvalue weighted by Crippen LogP contribution is -2.31. The average molecular weight is 346 g/mol. The first kappa shape index (κ1) is 16.6. The molecule has 4 aromatic rings. The number of nitrogens with one attached hydrogen (secondary N) is 2. The molecule has 0 saturated carbocycles. The molecule has 26 heavy (non-hydrogen) atoms. The van der Waals surface area contributed by atoms with Crippen LogP contribution >= 0.6 is 0 Å². The summed E-state index contributed by atoms with van der Waals surface area (Å²) in [6.07, 6.45) is 0. The monoisotopic (exact) mass is 346 g/mol. The number of hydroxylamine groups is 1. The molecule has 132 valence electrons. The number of ether oxygens (including phenoxy) is 1. The van der Waals surface area contributed by atoms with E-state index in [4.69, 9.17) is 9.57 Å². The molecule has 2 N–H and O–H groups in total. The zero-order valence-electron chi connectivity index (χ0n) is 14.7. The number of aromatic amines is 1. The Hall–Kier alpha value is -2.82. The molecule has 0 saturated heterocycles. The summed E-state index contributed by atoms with van der Waals surface area (Å²) in [7, 11) is 0.